The fourth-order valence-electron chi connectivity index (χ4n) is 2.67. The van der Waals surface area contributed by atoms with Crippen LogP contribution in [0.3, 0.4) is 0 Å². The molecule has 1 aromatic heterocycles. The molecule has 1 saturated heterocycles. The van der Waals surface area contributed by atoms with E-state index in [4.69, 9.17) is 14.8 Å². The number of hydrogen-bond donors (Lipinski definition) is 3. The molecule has 1 aliphatic heterocycles. The van der Waals surface area contributed by atoms with Crippen LogP contribution in [0.1, 0.15) is 44.9 Å². The van der Waals surface area contributed by atoms with Crippen molar-refractivity contribution in [3.05, 3.63) is 24.5 Å². The van der Waals surface area contributed by atoms with E-state index in [1.807, 2.05) is 6.19 Å². The number of nitriles is 1. The average molecular weight is 388 g/mol. The third-order valence-corrected chi connectivity index (χ3v) is 4.21. The van der Waals surface area contributed by atoms with Gasteiger partial charge in [-0.25, -0.2) is 5.48 Å². The molecule has 9 heteroatoms. The first-order valence-electron chi connectivity index (χ1n) is 9.67. The zero-order chi connectivity index (χ0) is 19.9. The van der Waals surface area contributed by atoms with Crippen molar-refractivity contribution in [2.24, 2.45) is 4.99 Å². The van der Waals surface area contributed by atoms with Gasteiger partial charge in [-0.1, -0.05) is 12.8 Å². The first-order chi connectivity index (χ1) is 13.8. The Morgan fingerprint density at radius 2 is 2.00 bits per heavy atom. The maximum absolute atomic E-state index is 11.8. The lowest BCUT2D eigenvalue weighted by molar-refractivity contribution is -0.143. The second-order valence-corrected chi connectivity index (χ2v) is 6.45. The molecule has 2 heterocycles. The monoisotopic (exact) mass is 388 g/mol. The summed E-state index contributed by atoms with van der Waals surface area (Å²) in [4.78, 5) is 25.5. The minimum atomic E-state index is -0.0773. The Labute approximate surface area is 165 Å². The predicted octanol–water partition coefficient (Wildman–Crippen LogP) is 2.10. The van der Waals surface area contributed by atoms with Crippen LogP contribution >= 0.6 is 0 Å². The Morgan fingerprint density at radius 1 is 1.25 bits per heavy atom. The maximum atomic E-state index is 11.8. The molecule has 2 rings (SSSR count). The average Bonchev–Trinajstić information content (AvgIpc) is 2.73. The normalized spacial score (nSPS) is 14.9. The number of amides is 1. The number of carbonyl (C=O) groups is 1. The summed E-state index contributed by atoms with van der Waals surface area (Å²) in [7, 11) is 0. The lowest BCUT2D eigenvalue weighted by atomic mass is 10.1. The number of unbranched alkanes of at least 4 members (excludes halogenated alkanes) is 3. The molecule has 0 aliphatic carbocycles. The van der Waals surface area contributed by atoms with Crippen LogP contribution in [0.15, 0.2) is 29.5 Å². The summed E-state index contributed by atoms with van der Waals surface area (Å²) in [6.07, 6.45) is 11.0. The van der Waals surface area contributed by atoms with Crippen molar-refractivity contribution in [2.45, 2.75) is 51.0 Å². The summed E-state index contributed by atoms with van der Waals surface area (Å²) in [6, 6.07) is 3.59. The van der Waals surface area contributed by atoms with Gasteiger partial charge in [-0.2, -0.15) is 5.26 Å². The number of pyridine rings is 1. The fourth-order valence-corrected chi connectivity index (χ4v) is 2.67. The van der Waals surface area contributed by atoms with Crippen LogP contribution in [0.25, 0.3) is 0 Å². The van der Waals surface area contributed by atoms with Crippen LogP contribution in [-0.2, 0) is 14.4 Å². The highest BCUT2D eigenvalue weighted by molar-refractivity contribution is 5.94. The van der Waals surface area contributed by atoms with Crippen molar-refractivity contribution < 1.29 is 14.4 Å². The van der Waals surface area contributed by atoms with Crippen molar-refractivity contribution in [1.82, 2.24) is 15.8 Å². The van der Waals surface area contributed by atoms with E-state index in [-0.39, 0.29) is 12.0 Å². The van der Waals surface area contributed by atoms with Crippen LogP contribution in [0.5, 0.6) is 0 Å². The number of guanidine groups is 1. The van der Waals surface area contributed by atoms with E-state index in [0.29, 0.717) is 32.1 Å². The second kappa shape index (κ2) is 13.5. The minimum Gasteiger partial charge on any atom is -0.381 e. The molecule has 1 fully saturated rings. The molecular weight excluding hydrogens is 360 g/mol. The number of rotatable bonds is 10. The Bertz CT molecular complexity index is 641. The van der Waals surface area contributed by atoms with Gasteiger partial charge in [0.15, 0.2) is 6.19 Å². The fraction of sp³-hybridized carbons (Fsp3) is 0.579. The summed E-state index contributed by atoms with van der Waals surface area (Å²) in [5, 5.41) is 14.4. The number of ether oxygens (including phenoxy) is 1. The molecule has 1 aromatic rings. The number of nitrogens with one attached hydrogen (secondary N) is 3. The molecule has 0 aromatic carbocycles. The van der Waals surface area contributed by atoms with E-state index < -0.39 is 0 Å². The molecule has 28 heavy (non-hydrogen) atoms. The first-order valence-corrected chi connectivity index (χ1v) is 9.67. The lowest BCUT2D eigenvalue weighted by Crippen LogP contribution is -2.33. The molecule has 0 bridgehead atoms. The van der Waals surface area contributed by atoms with Gasteiger partial charge in [0.25, 0.3) is 0 Å². The van der Waals surface area contributed by atoms with Crippen LogP contribution in [0, 0.1) is 11.5 Å². The van der Waals surface area contributed by atoms with E-state index in [9.17, 15) is 4.79 Å². The number of aliphatic imine (C=N–C) groups is 1. The molecule has 0 radical (unpaired) electrons. The van der Waals surface area contributed by atoms with Crippen molar-refractivity contribution in [3.8, 4) is 6.19 Å². The van der Waals surface area contributed by atoms with Crippen LogP contribution in [0.4, 0.5) is 5.69 Å². The number of nitrogens with zero attached hydrogens (tertiary/aromatic N) is 3. The quantitative estimate of drug-likeness (QED) is 0.140. The van der Waals surface area contributed by atoms with E-state index in [1.54, 1.807) is 24.5 Å². The number of hydroxylamine groups is 1. The highest BCUT2D eigenvalue weighted by atomic mass is 16.7. The highest BCUT2D eigenvalue weighted by Crippen LogP contribution is 2.09. The number of carbonyl (C=O) groups excluding carboxylic acids is 1. The van der Waals surface area contributed by atoms with Crippen LogP contribution in [0.2, 0.25) is 0 Å². The van der Waals surface area contributed by atoms with Gasteiger partial charge in [0.05, 0.1) is 6.10 Å². The predicted molar refractivity (Wildman–Crippen MR) is 105 cm³/mol. The standard InChI is InChI=1S/C19H28N6O3/c20-15-23-19(24-16-6-11-21-12-7-16)22-10-4-2-1-3-5-18(26)25-28-17-8-13-27-14-9-17/h6-7,11-12,17H,1-5,8-10,13-14H2,(H,25,26)(H2,21,22,23,24). The first kappa shape index (κ1) is 21.6. The summed E-state index contributed by atoms with van der Waals surface area (Å²) in [5.41, 5.74) is 3.35. The summed E-state index contributed by atoms with van der Waals surface area (Å²) in [6.45, 7) is 1.97. The van der Waals surface area contributed by atoms with Crippen LogP contribution in [-0.4, -0.2) is 42.7 Å². The maximum Gasteiger partial charge on any atom is 0.243 e. The molecule has 0 unspecified atom stereocenters. The molecule has 0 spiro atoms. The van der Waals surface area contributed by atoms with Gasteiger partial charge in [-0.15, -0.1) is 0 Å². The van der Waals surface area contributed by atoms with Gasteiger partial charge in [0, 0.05) is 44.3 Å². The molecule has 3 N–H and O–H groups in total. The zero-order valence-electron chi connectivity index (χ0n) is 16.0. The van der Waals surface area contributed by atoms with E-state index in [2.05, 4.69) is 26.1 Å². The number of hydrogen-bond acceptors (Lipinski definition) is 6. The van der Waals surface area contributed by atoms with Gasteiger partial charge in [0.1, 0.15) is 0 Å². The Morgan fingerprint density at radius 3 is 2.75 bits per heavy atom. The summed E-state index contributed by atoms with van der Waals surface area (Å²) in [5.74, 6) is 0.338. The van der Waals surface area contributed by atoms with Crippen LogP contribution < -0.4 is 16.1 Å². The Kier molecular flexibility index (Phi) is 10.4. The second-order valence-electron chi connectivity index (χ2n) is 6.45. The van der Waals surface area contributed by atoms with E-state index in [1.165, 1.54) is 0 Å². The van der Waals surface area contributed by atoms with Gasteiger partial charge in [0.2, 0.25) is 11.9 Å². The third-order valence-electron chi connectivity index (χ3n) is 4.21. The molecule has 0 saturated carbocycles. The summed E-state index contributed by atoms with van der Waals surface area (Å²) < 4.78 is 5.25. The van der Waals surface area contributed by atoms with Gasteiger partial charge in [-0.3, -0.25) is 24.9 Å². The zero-order valence-corrected chi connectivity index (χ0v) is 16.0. The van der Waals surface area contributed by atoms with E-state index >= 15 is 0 Å². The number of aromatic nitrogens is 1. The number of anilines is 1. The van der Waals surface area contributed by atoms with Crippen molar-refractivity contribution in [2.75, 3.05) is 25.1 Å². The SMILES string of the molecule is N#CNC(=NCCCCCCC(=O)NOC1CCOCC1)Nc1ccncc1. The third kappa shape index (κ3) is 9.30. The molecule has 1 aliphatic rings. The lowest BCUT2D eigenvalue weighted by Gasteiger charge is -2.21. The summed E-state index contributed by atoms with van der Waals surface area (Å²) >= 11 is 0. The van der Waals surface area contributed by atoms with Gasteiger partial charge < -0.3 is 10.1 Å². The molecular formula is C19H28N6O3. The Hall–Kier alpha value is -2.70. The minimum absolute atomic E-state index is 0.0625. The van der Waals surface area contributed by atoms with E-state index in [0.717, 1.165) is 44.2 Å². The molecule has 1 amide bonds. The molecule has 0 atom stereocenters. The highest BCUT2D eigenvalue weighted by Gasteiger charge is 2.15. The molecule has 152 valence electrons. The van der Waals surface area contributed by atoms with Crippen molar-refractivity contribution >= 4 is 17.6 Å². The molecule has 9 nitrogen and oxygen atoms in total. The smallest absolute Gasteiger partial charge is 0.243 e. The van der Waals surface area contributed by atoms with Gasteiger partial charge >= 0.3 is 0 Å². The topological polar surface area (TPSA) is 121 Å². The van der Waals surface area contributed by atoms with Gasteiger partial charge in [-0.05, 0) is 37.8 Å². The van der Waals surface area contributed by atoms with Crippen molar-refractivity contribution in [3.63, 3.8) is 0 Å². The largest absolute Gasteiger partial charge is 0.381 e. The Balaban J connectivity index is 1.53. The van der Waals surface area contributed by atoms with Crippen molar-refractivity contribution in [1.29, 1.82) is 5.26 Å².